The highest BCUT2D eigenvalue weighted by atomic mass is 32.1. The zero-order valence-corrected chi connectivity index (χ0v) is 12.8. The molecular formula is C18H19NOS. The van der Waals surface area contributed by atoms with E-state index in [-0.39, 0.29) is 12.1 Å². The van der Waals surface area contributed by atoms with Crippen molar-refractivity contribution >= 4 is 22.1 Å². The van der Waals surface area contributed by atoms with E-state index in [4.69, 9.17) is 10.5 Å². The molecule has 0 fully saturated rings. The summed E-state index contributed by atoms with van der Waals surface area (Å²) in [6, 6.07) is 16.7. The van der Waals surface area contributed by atoms with Crippen molar-refractivity contribution in [2.75, 3.05) is 0 Å². The second-order valence-electron chi connectivity index (χ2n) is 5.35. The lowest BCUT2D eigenvalue weighted by molar-refractivity contribution is 0.190. The van der Waals surface area contributed by atoms with E-state index in [1.165, 1.54) is 10.9 Å². The third-order valence-corrected chi connectivity index (χ3v) is 4.22. The molecule has 0 aliphatic heterocycles. The lowest BCUT2D eigenvalue weighted by atomic mass is 10.1. The minimum atomic E-state index is 0.00190. The molecule has 3 rings (SSSR count). The predicted molar refractivity (Wildman–Crippen MR) is 89.9 cm³/mol. The van der Waals surface area contributed by atoms with E-state index in [0.29, 0.717) is 0 Å². The average molecular weight is 297 g/mol. The maximum Gasteiger partial charge on any atom is 0.128 e. The number of hydrogen-bond donors (Lipinski definition) is 1. The van der Waals surface area contributed by atoms with Crippen molar-refractivity contribution < 1.29 is 4.74 Å². The van der Waals surface area contributed by atoms with Gasteiger partial charge in [0, 0.05) is 23.4 Å². The van der Waals surface area contributed by atoms with Gasteiger partial charge in [-0.15, -0.1) is 0 Å². The van der Waals surface area contributed by atoms with Gasteiger partial charge in [0.05, 0.1) is 0 Å². The number of fused-ring (bicyclic) bond motifs is 1. The molecule has 0 saturated heterocycles. The highest BCUT2D eigenvalue weighted by molar-refractivity contribution is 7.07. The molecule has 0 aliphatic rings. The van der Waals surface area contributed by atoms with Crippen molar-refractivity contribution in [3.05, 3.63) is 64.9 Å². The second-order valence-corrected chi connectivity index (χ2v) is 6.13. The van der Waals surface area contributed by atoms with Crippen molar-refractivity contribution in [2.45, 2.75) is 25.5 Å². The molecule has 2 unspecified atom stereocenters. The van der Waals surface area contributed by atoms with Crippen molar-refractivity contribution in [1.29, 1.82) is 0 Å². The summed E-state index contributed by atoms with van der Waals surface area (Å²) in [4.78, 5) is 0. The Hall–Kier alpha value is -1.84. The molecule has 3 heteroatoms. The summed E-state index contributed by atoms with van der Waals surface area (Å²) in [6.07, 6.45) is 0.807. The van der Waals surface area contributed by atoms with Gasteiger partial charge in [0.15, 0.2) is 0 Å². The van der Waals surface area contributed by atoms with Gasteiger partial charge in [0.1, 0.15) is 11.9 Å². The zero-order valence-electron chi connectivity index (χ0n) is 12.0. The van der Waals surface area contributed by atoms with Crippen LogP contribution in [0.3, 0.4) is 0 Å². The summed E-state index contributed by atoms with van der Waals surface area (Å²) in [5.74, 6) is 0.921. The monoisotopic (exact) mass is 297 g/mol. The molecule has 2 N–H and O–H groups in total. The van der Waals surface area contributed by atoms with E-state index in [2.05, 4.69) is 35.0 Å². The first-order valence-corrected chi connectivity index (χ1v) is 8.10. The van der Waals surface area contributed by atoms with Crippen molar-refractivity contribution in [3.8, 4) is 5.75 Å². The normalized spacial score (nSPS) is 14.0. The Bertz CT molecular complexity index is 701. The van der Waals surface area contributed by atoms with Gasteiger partial charge in [-0.25, -0.2) is 0 Å². The summed E-state index contributed by atoms with van der Waals surface area (Å²) in [6.45, 7) is 2.02. The number of nitrogens with two attached hydrogens (primary N) is 1. The van der Waals surface area contributed by atoms with Gasteiger partial charge >= 0.3 is 0 Å². The topological polar surface area (TPSA) is 35.2 Å². The molecule has 2 nitrogen and oxygen atoms in total. The highest BCUT2D eigenvalue weighted by Crippen LogP contribution is 2.32. The quantitative estimate of drug-likeness (QED) is 0.737. The smallest absolute Gasteiger partial charge is 0.128 e. The third-order valence-electron chi connectivity index (χ3n) is 3.52. The summed E-state index contributed by atoms with van der Waals surface area (Å²) < 4.78 is 6.31. The molecule has 0 aliphatic carbocycles. The zero-order chi connectivity index (χ0) is 14.7. The first-order valence-electron chi connectivity index (χ1n) is 7.16. The minimum absolute atomic E-state index is 0.00190. The summed E-state index contributed by atoms with van der Waals surface area (Å²) in [7, 11) is 0. The number of ether oxygens (including phenoxy) is 1. The summed E-state index contributed by atoms with van der Waals surface area (Å²) in [5, 5.41) is 6.55. The van der Waals surface area contributed by atoms with Gasteiger partial charge in [-0.3, -0.25) is 0 Å². The van der Waals surface area contributed by atoms with E-state index in [1.807, 2.05) is 31.2 Å². The van der Waals surface area contributed by atoms with Crippen LogP contribution in [0.15, 0.2) is 59.3 Å². The van der Waals surface area contributed by atoms with Gasteiger partial charge in [0.2, 0.25) is 0 Å². The van der Waals surface area contributed by atoms with E-state index >= 15 is 0 Å². The number of hydrogen-bond acceptors (Lipinski definition) is 3. The van der Waals surface area contributed by atoms with Gasteiger partial charge in [-0.05, 0) is 35.2 Å². The molecule has 0 saturated carbocycles. The first-order chi connectivity index (χ1) is 10.2. The third kappa shape index (κ3) is 3.26. The minimum Gasteiger partial charge on any atom is -0.485 e. The second kappa shape index (κ2) is 6.29. The molecule has 108 valence electrons. The Labute approximate surface area is 129 Å². The molecule has 21 heavy (non-hydrogen) atoms. The Morgan fingerprint density at radius 1 is 1.10 bits per heavy atom. The van der Waals surface area contributed by atoms with Crippen LogP contribution in [0.2, 0.25) is 0 Å². The maximum absolute atomic E-state index is 6.31. The maximum atomic E-state index is 6.31. The van der Waals surface area contributed by atoms with Crippen LogP contribution in [0.4, 0.5) is 0 Å². The average Bonchev–Trinajstić information content (AvgIpc) is 3.01. The lowest BCUT2D eigenvalue weighted by Crippen LogP contribution is -2.21. The molecule has 2 atom stereocenters. The molecule has 0 bridgehead atoms. The number of benzene rings is 2. The fraction of sp³-hybridized carbons (Fsp3) is 0.222. The van der Waals surface area contributed by atoms with Crippen LogP contribution in [0, 0.1) is 0 Å². The Morgan fingerprint density at radius 2 is 1.90 bits per heavy atom. The Kier molecular flexibility index (Phi) is 4.23. The van der Waals surface area contributed by atoms with E-state index in [1.54, 1.807) is 11.3 Å². The fourth-order valence-electron chi connectivity index (χ4n) is 2.50. The van der Waals surface area contributed by atoms with Crippen LogP contribution < -0.4 is 10.5 Å². The SMILES string of the molecule is CC(N)CC(Oc1cccc2ccccc12)c1ccsc1. The van der Waals surface area contributed by atoms with Crippen molar-refractivity contribution in [2.24, 2.45) is 5.73 Å². The molecule has 0 amide bonds. The van der Waals surface area contributed by atoms with Gasteiger partial charge in [0.25, 0.3) is 0 Å². The number of thiophene rings is 1. The standard InChI is InChI=1S/C18H19NOS/c1-13(19)11-18(15-9-10-21-12-15)20-17-8-4-6-14-5-2-3-7-16(14)17/h2-10,12-13,18H,11,19H2,1H3. The Morgan fingerprint density at radius 3 is 2.67 bits per heavy atom. The molecule has 0 radical (unpaired) electrons. The van der Waals surface area contributed by atoms with Crippen LogP contribution >= 0.6 is 11.3 Å². The van der Waals surface area contributed by atoms with Crippen LogP contribution in [-0.2, 0) is 0 Å². The molecule has 2 aromatic carbocycles. The number of rotatable bonds is 5. The highest BCUT2D eigenvalue weighted by Gasteiger charge is 2.17. The van der Waals surface area contributed by atoms with Gasteiger partial charge in [-0.1, -0.05) is 36.4 Å². The largest absolute Gasteiger partial charge is 0.485 e. The molecule has 3 aromatic rings. The lowest BCUT2D eigenvalue weighted by Gasteiger charge is -2.21. The fourth-order valence-corrected chi connectivity index (χ4v) is 3.20. The van der Waals surface area contributed by atoms with Crippen molar-refractivity contribution in [3.63, 3.8) is 0 Å². The van der Waals surface area contributed by atoms with E-state index in [9.17, 15) is 0 Å². The van der Waals surface area contributed by atoms with E-state index < -0.39 is 0 Å². The molecule has 0 spiro atoms. The summed E-state index contributed by atoms with van der Waals surface area (Å²) in [5.41, 5.74) is 7.19. The van der Waals surface area contributed by atoms with Crippen LogP contribution in [0.25, 0.3) is 10.8 Å². The van der Waals surface area contributed by atoms with Crippen LogP contribution in [0.5, 0.6) is 5.75 Å². The van der Waals surface area contributed by atoms with Crippen LogP contribution in [0.1, 0.15) is 25.0 Å². The molecule has 1 heterocycles. The van der Waals surface area contributed by atoms with Crippen molar-refractivity contribution in [1.82, 2.24) is 0 Å². The van der Waals surface area contributed by atoms with Gasteiger partial charge in [-0.2, -0.15) is 11.3 Å². The van der Waals surface area contributed by atoms with Crippen LogP contribution in [-0.4, -0.2) is 6.04 Å². The Balaban J connectivity index is 1.94. The first kappa shape index (κ1) is 14.1. The molecular weight excluding hydrogens is 278 g/mol. The predicted octanol–water partition coefficient (Wildman–Crippen LogP) is 4.76. The summed E-state index contributed by atoms with van der Waals surface area (Å²) >= 11 is 1.69. The van der Waals surface area contributed by atoms with E-state index in [0.717, 1.165) is 17.6 Å². The van der Waals surface area contributed by atoms with Gasteiger partial charge < -0.3 is 10.5 Å². The molecule has 1 aromatic heterocycles.